The number of likely N-dealkylation sites (N-methyl/N-ethyl adjacent to an activating group) is 1. The van der Waals surface area contributed by atoms with Crippen LogP contribution in [0.15, 0.2) is 53.5 Å². The van der Waals surface area contributed by atoms with Crippen molar-refractivity contribution >= 4 is 28.8 Å². The van der Waals surface area contributed by atoms with Crippen molar-refractivity contribution in [3.05, 3.63) is 54.1 Å². The van der Waals surface area contributed by atoms with Crippen molar-refractivity contribution in [1.82, 2.24) is 9.80 Å². The van der Waals surface area contributed by atoms with E-state index in [4.69, 9.17) is 10.7 Å². The van der Waals surface area contributed by atoms with Gasteiger partial charge in [0.05, 0.1) is 11.4 Å². The number of amidine groups is 1. The first-order chi connectivity index (χ1) is 13.1. The molecule has 0 atom stereocenters. The number of amides is 1. The fraction of sp³-hybridized carbons (Fsp3) is 0.333. The number of benzene rings is 2. The maximum atomic E-state index is 13.2. The van der Waals surface area contributed by atoms with E-state index in [1.165, 1.54) is 0 Å². The number of carbonyl (C=O) groups is 1. The van der Waals surface area contributed by atoms with Crippen molar-refractivity contribution in [3.63, 3.8) is 0 Å². The summed E-state index contributed by atoms with van der Waals surface area (Å²) in [4.78, 5) is 24.6. The van der Waals surface area contributed by atoms with Gasteiger partial charge in [-0.1, -0.05) is 12.1 Å². The lowest BCUT2D eigenvalue weighted by Gasteiger charge is -2.34. The highest BCUT2D eigenvalue weighted by molar-refractivity contribution is 6.09. The Morgan fingerprint density at radius 1 is 0.963 bits per heavy atom. The van der Waals surface area contributed by atoms with Crippen molar-refractivity contribution in [2.75, 3.05) is 50.4 Å². The molecule has 140 valence electrons. The minimum absolute atomic E-state index is 0.0164. The lowest BCUT2D eigenvalue weighted by Crippen LogP contribution is -2.47. The summed E-state index contributed by atoms with van der Waals surface area (Å²) >= 11 is 0. The van der Waals surface area contributed by atoms with Gasteiger partial charge in [0.15, 0.2) is 0 Å². The van der Waals surface area contributed by atoms with Gasteiger partial charge < -0.3 is 20.4 Å². The van der Waals surface area contributed by atoms with E-state index in [1.807, 2.05) is 29.2 Å². The van der Waals surface area contributed by atoms with E-state index in [0.717, 1.165) is 49.8 Å². The zero-order chi connectivity index (χ0) is 18.8. The summed E-state index contributed by atoms with van der Waals surface area (Å²) < 4.78 is 0. The van der Waals surface area contributed by atoms with Crippen LogP contribution in [0.1, 0.15) is 16.8 Å². The molecule has 0 spiro atoms. The minimum atomic E-state index is -0.0164. The molecular weight excluding hydrogens is 338 g/mol. The number of nitrogens with two attached hydrogens (primary N) is 1. The fourth-order valence-corrected chi connectivity index (χ4v) is 3.60. The average molecular weight is 363 g/mol. The number of para-hydroxylation sites is 2. The number of carbonyl (C=O) groups excluding carboxylic acids is 1. The number of anilines is 2. The number of nitrogen functional groups attached to an aromatic ring is 1. The number of rotatable bonds is 1. The maximum Gasteiger partial charge on any atom is 0.258 e. The zero-order valence-electron chi connectivity index (χ0n) is 15.6. The third kappa shape index (κ3) is 3.66. The predicted octanol–water partition coefficient (Wildman–Crippen LogP) is 2.60. The molecule has 4 rings (SSSR count). The third-order valence-electron chi connectivity index (χ3n) is 5.25. The largest absolute Gasteiger partial charge is 0.399 e. The van der Waals surface area contributed by atoms with E-state index in [1.54, 1.807) is 24.3 Å². The van der Waals surface area contributed by atoms with Gasteiger partial charge in [-0.3, -0.25) is 4.79 Å². The second-order valence-electron chi connectivity index (χ2n) is 7.14. The molecule has 6 heteroatoms. The monoisotopic (exact) mass is 363 g/mol. The summed E-state index contributed by atoms with van der Waals surface area (Å²) in [6.07, 6.45) is 0.749. The summed E-state index contributed by atoms with van der Waals surface area (Å²) in [5.74, 6) is 1.06. The van der Waals surface area contributed by atoms with E-state index in [0.29, 0.717) is 17.8 Å². The summed E-state index contributed by atoms with van der Waals surface area (Å²) in [5.41, 5.74) is 8.78. The predicted molar refractivity (Wildman–Crippen MR) is 110 cm³/mol. The Morgan fingerprint density at radius 3 is 2.41 bits per heavy atom. The molecule has 0 unspecified atom stereocenters. The molecule has 2 aliphatic heterocycles. The first kappa shape index (κ1) is 17.5. The molecule has 27 heavy (non-hydrogen) atoms. The summed E-state index contributed by atoms with van der Waals surface area (Å²) in [6.45, 7) is 4.64. The highest BCUT2D eigenvalue weighted by Gasteiger charge is 2.26. The standard InChI is InChI=1S/C21H25N5O/c1-24-12-14-25(15-13-24)20-10-11-26(19-5-3-2-4-18(19)23-20)21(27)16-6-8-17(22)9-7-16/h2-9H,10-15,22H2,1H3. The van der Waals surface area contributed by atoms with Crippen LogP contribution in [-0.4, -0.2) is 61.3 Å². The average Bonchev–Trinajstić information content (AvgIpc) is 2.88. The van der Waals surface area contributed by atoms with Crippen molar-refractivity contribution in [1.29, 1.82) is 0 Å². The van der Waals surface area contributed by atoms with Gasteiger partial charge in [0.1, 0.15) is 5.84 Å². The second kappa shape index (κ2) is 7.40. The summed E-state index contributed by atoms with van der Waals surface area (Å²) in [6, 6.07) is 15.0. The van der Waals surface area contributed by atoms with E-state index in [2.05, 4.69) is 16.8 Å². The minimum Gasteiger partial charge on any atom is -0.399 e. The molecule has 2 aliphatic rings. The molecule has 2 aromatic rings. The third-order valence-corrected chi connectivity index (χ3v) is 5.25. The number of nitrogens with zero attached hydrogens (tertiary/aromatic N) is 4. The van der Waals surface area contributed by atoms with Gasteiger partial charge in [-0.15, -0.1) is 0 Å². The number of fused-ring (bicyclic) bond motifs is 1. The Balaban J connectivity index is 1.63. The Morgan fingerprint density at radius 2 is 1.67 bits per heavy atom. The molecule has 1 fully saturated rings. The van der Waals surface area contributed by atoms with Crippen LogP contribution in [0.4, 0.5) is 17.1 Å². The number of aliphatic imine (C=N–C) groups is 1. The Hall–Kier alpha value is -2.86. The first-order valence-electron chi connectivity index (χ1n) is 9.39. The van der Waals surface area contributed by atoms with Crippen LogP contribution >= 0.6 is 0 Å². The SMILES string of the molecule is CN1CCN(C2=Nc3ccccc3N(C(=O)c3ccc(N)cc3)CC2)CC1. The number of hydrogen-bond acceptors (Lipinski definition) is 5. The number of piperazine rings is 1. The normalized spacial score (nSPS) is 17.9. The van der Waals surface area contributed by atoms with Gasteiger partial charge in [-0.25, -0.2) is 4.99 Å². The van der Waals surface area contributed by atoms with Crippen LogP contribution < -0.4 is 10.6 Å². The Labute approximate surface area is 159 Å². The van der Waals surface area contributed by atoms with Gasteiger partial charge in [0.2, 0.25) is 0 Å². The van der Waals surface area contributed by atoms with Crippen LogP contribution in [0.3, 0.4) is 0 Å². The molecule has 0 aliphatic carbocycles. The zero-order valence-corrected chi connectivity index (χ0v) is 15.6. The Kier molecular flexibility index (Phi) is 4.81. The molecule has 2 heterocycles. The van der Waals surface area contributed by atoms with Gasteiger partial charge in [-0.2, -0.15) is 0 Å². The quantitative estimate of drug-likeness (QED) is 0.791. The molecule has 0 radical (unpaired) electrons. The summed E-state index contributed by atoms with van der Waals surface area (Å²) in [7, 11) is 2.15. The molecule has 6 nitrogen and oxygen atoms in total. The Bertz CT molecular complexity index is 853. The lowest BCUT2D eigenvalue weighted by molar-refractivity contribution is 0.0987. The van der Waals surface area contributed by atoms with Crippen LogP contribution in [0.5, 0.6) is 0 Å². The first-order valence-corrected chi connectivity index (χ1v) is 9.39. The highest BCUT2D eigenvalue weighted by Crippen LogP contribution is 2.33. The summed E-state index contributed by atoms with van der Waals surface area (Å²) in [5, 5.41) is 0. The molecule has 0 saturated carbocycles. The van der Waals surface area contributed by atoms with Crippen molar-refractivity contribution in [2.45, 2.75) is 6.42 Å². The van der Waals surface area contributed by atoms with Gasteiger partial charge in [-0.05, 0) is 43.4 Å². The van der Waals surface area contributed by atoms with Crippen LogP contribution in [0, 0.1) is 0 Å². The van der Waals surface area contributed by atoms with E-state index < -0.39 is 0 Å². The van der Waals surface area contributed by atoms with E-state index >= 15 is 0 Å². The van der Waals surface area contributed by atoms with Crippen molar-refractivity contribution in [2.24, 2.45) is 4.99 Å². The molecule has 0 aromatic heterocycles. The molecule has 1 saturated heterocycles. The highest BCUT2D eigenvalue weighted by atomic mass is 16.2. The van der Waals surface area contributed by atoms with Gasteiger partial charge >= 0.3 is 0 Å². The molecule has 2 N–H and O–H groups in total. The lowest BCUT2D eigenvalue weighted by atomic mass is 10.1. The van der Waals surface area contributed by atoms with Crippen LogP contribution in [-0.2, 0) is 0 Å². The molecule has 0 bridgehead atoms. The van der Waals surface area contributed by atoms with E-state index in [-0.39, 0.29) is 5.91 Å². The van der Waals surface area contributed by atoms with Crippen LogP contribution in [0.25, 0.3) is 0 Å². The smallest absolute Gasteiger partial charge is 0.258 e. The molecular formula is C21H25N5O. The molecule has 2 aromatic carbocycles. The van der Waals surface area contributed by atoms with E-state index in [9.17, 15) is 4.79 Å². The topological polar surface area (TPSA) is 65.2 Å². The van der Waals surface area contributed by atoms with Gasteiger partial charge in [0.25, 0.3) is 5.91 Å². The van der Waals surface area contributed by atoms with Crippen LogP contribution in [0.2, 0.25) is 0 Å². The molecule has 1 amide bonds. The maximum absolute atomic E-state index is 13.2. The second-order valence-corrected chi connectivity index (χ2v) is 7.14. The van der Waals surface area contributed by atoms with Crippen molar-refractivity contribution < 1.29 is 4.79 Å². The van der Waals surface area contributed by atoms with Gasteiger partial charge in [0, 0.05) is 50.4 Å². The van der Waals surface area contributed by atoms with Crippen molar-refractivity contribution in [3.8, 4) is 0 Å². The number of hydrogen-bond donors (Lipinski definition) is 1. The fourth-order valence-electron chi connectivity index (χ4n) is 3.60.